The molecule has 0 bridgehead atoms. The molecule has 4 heteroatoms. The highest BCUT2D eigenvalue weighted by molar-refractivity contribution is 5.80. The van der Waals surface area contributed by atoms with Crippen molar-refractivity contribution in [2.24, 2.45) is 5.92 Å². The van der Waals surface area contributed by atoms with Crippen LogP contribution in [0.15, 0.2) is 0 Å². The number of carbonyl (C=O) groups excluding carboxylic acids is 1. The summed E-state index contributed by atoms with van der Waals surface area (Å²) < 4.78 is 5.78. The third-order valence-electron chi connectivity index (χ3n) is 4.15. The Bertz CT molecular complexity index is 276. The monoisotopic (exact) mass is 224 g/mol. The predicted molar refractivity (Wildman–Crippen MR) is 60.1 cm³/mol. The third kappa shape index (κ3) is 1.74. The fourth-order valence-corrected chi connectivity index (χ4v) is 3.07. The van der Waals surface area contributed by atoms with Crippen molar-refractivity contribution in [1.29, 1.82) is 0 Å². The molecule has 1 amide bonds. The van der Waals surface area contributed by atoms with Gasteiger partial charge in [-0.3, -0.25) is 4.79 Å². The summed E-state index contributed by atoms with van der Waals surface area (Å²) in [5.74, 6) is 0.597. The van der Waals surface area contributed by atoms with Crippen molar-refractivity contribution in [2.75, 3.05) is 26.2 Å². The Balaban J connectivity index is 1.69. The number of carbonyl (C=O) groups is 1. The zero-order valence-corrected chi connectivity index (χ0v) is 9.65. The first kappa shape index (κ1) is 10.5. The van der Waals surface area contributed by atoms with Gasteiger partial charge in [0.1, 0.15) is 0 Å². The minimum Gasteiger partial charge on any atom is -0.374 e. The molecule has 2 atom stereocenters. The SMILES string of the molecule is O=C(C1CNC1)N1CCOC2CCCCC21. The minimum atomic E-state index is 0.237. The lowest BCUT2D eigenvalue weighted by Gasteiger charge is -2.46. The Morgan fingerprint density at radius 3 is 2.81 bits per heavy atom. The van der Waals surface area contributed by atoms with Gasteiger partial charge in [0.15, 0.2) is 0 Å². The topological polar surface area (TPSA) is 41.6 Å². The molecule has 3 aliphatic rings. The Labute approximate surface area is 96.3 Å². The molecule has 1 saturated carbocycles. The van der Waals surface area contributed by atoms with Crippen molar-refractivity contribution in [1.82, 2.24) is 10.2 Å². The van der Waals surface area contributed by atoms with Gasteiger partial charge < -0.3 is 15.0 Å². The van der Waals surface area contributed by atoms with Crippen LogP contribution < -0.4 is 5.32 Å². The van der Waals surface area contributed by atoms with E-state index >= 15 is 0 Å². The smallest absolute Gasteiger partial charge is 0.228 e. The van der Waals surface area contributed by atoms with E-state index in [9.17, 15) is 4.79 Å². The fourth-order valence-electron chi connectivity index (χ4n) is 3.07. The van der Waals surface area contributed by atoms with Crippen molar-refractivity contribution in [3.63, 3.8) is 0 Å². The highest BCUT2D eigenvalue weighted by Crippen LogP contribution is 2.29. The number of hydrogen-bond acceptors (Lipinski definition) is 3. The van der Waals surface area contributed by atoms with Crippen LogP contribution in [0, 0.1) is 5.92 Å². The van der Waals surface area contributed by atoms with Crippen molar-refractivity contribution in [2.45, 2.75) is 37.8 Å². The molecule has 1 N–H and O–H groups in total. The number of ether oxygens (including phenoxy) is 1. The first-order chi connectivity index (χ1) is 7.86. The maximum Gasteiger partial charge on any atom is 0.228 e. The summed E-state index contributed by atoms with van der Waals surface area (Å²) >= 11 is 0. The van der Waals surface area contributed by atoms with Crippen LogP contribution >= 0.6 is 0 Å². The number of fused-ring (bicyclic) bond motifs is 1. The van der Waals surface area contributed by atoms with E-state index in [1.165, 1.54) is 12.8 Å². The molecule has 2 saturated heterocycles. The van der Waals surface area contributed by atoms with E-state index in [2.05, 4.69) is 10.2 Å². The second-order valence-corrected chi connectivity index (χ2v) is 5.15. The lowest BCUT2D eigenvalue weighted by molar-refractivity contribution is -0.155. The summed E-state index contributed by atoms with van der Waals surface area (Å²) in [5, 5.41) is 3.17. The van der Waals surface area contributed by atoms with Gasteiger partial charge in [0, 0.05) is 19.6 Å². The maximum absolute atomic E-state index is 12.3. The molecule has 3 rings (SSSR count). The third-order valence-corrected chi connectivity index (χ3v) is 4.15. The highest BCUT2D eigenvalue weighted by Gasteiger charge is 2.39. The van der Waals surface area contributed by atoms with E-state index in [0.29, 0.717) is 18.1 Å². The van der Waals surface area contributed by atoms with Crippen LogP contribution in [-0.4, -0.2) is 49.2 Å². The molecule has 2 heterocycles. The number of amides is 1. The first-order valence-corrected chi connectivity index (χ1v) is 6.49. The molecule has 3 fully saturated rings. The van der Waals surface area contributed by atoms with Crippen LogP contribution in [0.4, 0.5) is 0 Å². The van der Waals surface area contributed by atoms with E-state index in [0.717, 1.165) is 39.1 Å². The van der Waals surface area contributed by atoms with Gasteiger partial charge in [-0.15, -0.1) is 0 Å². The normalized spacial score (nSPS) is 35.4. The van der Waals surface area contributed by atoms with Gasteiger partial charge in [-0.2, -0.15) is 0 Å². The van der Waals surface area contributed by atoms with E-state index in [1.54, 1.807) is 0 Å². The van der Waals surface area contributed by atoms with E-state index in [1.807, 2.05) is 0 Å². The van der Waals surface area contributed by atoms with Gasteiger partial charge in [-0.05, 0) is 12.8 Å². The standard InChI is InChI=1S/C12H20N2O2/c15-12(9-7-13-8-9)14-5-6-16-11-4-2-1-3-10(11)14/h9-11,13H,1-8H2. The molecule has 0 aromatic rings. The van der Waals surface area contributed by atoms with Gasteiger partial charge in [-0.25, -0.2) is 0 Å². The quantitative estimate of drug-likeness (QED) is 0.700. The fraction of sp³-hybridized carbons (Fsp3) is 0.917. The maximum atomic E-state index is 12.3. The lowest BCUT2D eigenvalue weighted by atomic mass is 9.88. The van der Waals surface area contributed by atoms with Gasteiger partial charge in [0.05, 0.1) is 24.7 Å². The van der Waals surface area contributed by atoms with Crippen LogP contribution in [0.1, 0.15) is 25.7 Å². The Kier molecular flexibility index (Phi) is 2.86. The van der Waals surface area contributed by atoms with Crippen LogP contribution in [-0.2, 0) is 9.53 Å². The van der Waals surface area contributed by atoms with Crippen molar-refractivity contribution < 1.29 is 9.53 Å². The number of hydrogen-bond donors (Lipinski definition) is 1. The summed E-state index contributed by atoms with van der Waals surface area (Å²) in [6, 6.07) is 0.371. The van der Waals surface area contributed by atoms with Gasteiger partial charge >= 0.3 is 0 Å². The Morgan fingerprint density at radius 2 is 2.06 bits per heavy atom. The van der Waals surface area contributed by atoms with Crippen LogP contribution in [0.2, 0.25) is 0 Å². The van der Waals surface area contributed by atoms with Crippen LogP contribution in [0.3, 0.4) is 0 Å². The summed E-state index contributed by atoms with van der Waals surface area (Å²) in [6.07, 6.45) is 5.10. The van der Waals surface area contributed by atoms with Gasteiger partial charge in [-0.1, -0.05) is 12.8 Å². The number of morpholine rings is 1. The molecular weight excluding hydrogens is 204 g/mol. The summed E-state index contributed by atoms with van der Waals surface area (Å²) in [7, 11) is 0. The number of nitrogens with one attached hydrogen (secondary N) is 1. The predicted octanol–water partition coefficient (Wildman–Crippen LogP) is 0.376. The van der Waals surface area contributed by atoms with Crippen LogP contribution in [0.25, 0.3) is 0 Å². The van der Waals surface area contributed by atoms with Crippen LogP contribution in [0.5, 0.6) is 0 Å². The largest absolute Gasteiger partial charge is 0.374 e. The van der Waals surface area contributed by atoms with E-state index in [-0.39, 0.29) is 5.92 Å². The molecule has 0 radical (unpaired) electrons. The zero-order chi connectivity index (χ0) is 11.0. The molecule has 2 aliphatic heterocycles. The van der Waals surface area contributed by atoms with Crippen molar-refractivity contribution in [3.8, 4) is 0 Å². The second-order valence-electron chi connectivity index (χ2n) is 5.15. The Morgan fingerprint density at radius 1 is 1.25 bits per heavy atom. The molecule has 2 unspecified atom stereocenters. The van der Waals surface area contributed by atoms with Gasteiger partial charge in [0.25, 0.3) is 0 Å². The molecule has 90 valence electrons. The molecule has 1 aliphatic carbocycles. The average Bonchev–Trinajstić information content (AvgIpc) is 2.26. The van der Waals surface area contributed by atoms with E-state index < -0.39 is 0 Å². The second kappa shape index (κ2) is 4.34. The zero-order valence-electron chi connectivity index (χ0n) is 9.65. The summed E-state index contributed by atoms with van der Waals surface area (Å²) in [4.78, 5) is 14.4. The lowest BCUT2D eigenvalue weighted by Crippen LogP contribution is -2.60. The summed E-state index contributed by atoms with van der Waals surface area (Å²) in [6.45, 7) is 3.27. The first-order valence-electron chi connectivity index (χ1n) is 6.49. The molecular formula is C12H20N2O2. The number of rotatable bonds is 1. The average molecular weight is 224 g/mol. The van der Waals surface area contributed by atoms with Gasteiger partial charge in [0.2, 0.25) is 5.91 Å². The number of nitrogens with zero attached hydrogens (tertiary/aromatic N) is 1. The summed E-state index contributed by atoms with van der Waals surface area (Å²) in [5.41, 5.74) is 0. The van der Waals surface area contributed by atoms with E-state index in [4.69, 9.17) is 4.74 Å². The highest BCUT2D eigenvalue weighted by atomic mass is 16.5. The Hall–Kier alpha value is -0.610. The molecule has 0 spiro atoms. The van der Waals surface area contributed by atoms with Crippen molar-refractivity contribution >= 4 is 5.91 Å². The molecule has 4 nitrogen and oxygen atoms in total. The van der Waals surface area contributed by atoms with Crippen molar-refractivity contribution in [3.05, 3.63) is 0 Å². The molecule has 0 aromatic carbocycles. The molecule has 16 heavy (non-hydrogen) atoms. The minimum absolute atomic E-state index is 0.237. The molecule has 0 aromatic heterocycles.